The molecule has 74 valence electrons. The largest absolute Gasteiger partial charge is 0.206 e. The summed E-state index contributed by atoms with van der Waals surface area (Å²) >= 11 is 6.98. The highest BCUT2D eigenvalue weighted by atomic mass is 35.5. The van der Waals surface area contributed by atoms with E-state index < -0.39 is 5.82 Å². The van der Waals surface area contributed by atoms with Crippen LogP contribution in [0.15, 0.2) is 23.1 Å². The van der Waals surface area contributed by atoms with Gasteiger partial charge < -0.3 is 0 Å². The van der Waals surface area contributed by atoms with Crippen LogP contribution in [0.1, 0.15) is 12.0 Å². The van der Waals surface area contributed by atoms with Gasteiger partial charge >= 0.3 is 0 Å². The molecule has 4 heteroatoms. The average Bonchev–Trinajstić information content (AvgIpc) is 2.18. The maximum absolute atomic E-state index is 13.1. The molecule has 0 saturated carbocycles. The summed E-state index contributed by atoms with van der Waals surface area (Å²) in [5, 5.41) is 8.73. The van der Waals surface area contributed by atoms with Gasteiger partial charge in [-0.05, 0) is 24.3 Å². The van der Waals surface area contributed by atoms with E-state index in [1.807, 2.05) is 6.07 Å². The first-order valence-corrected chi connectivity index (χ1v) is 5.69. The van der Waals surface area contributed by atoms with Crippen molar-refractivity contribution in [2.24, 2.45) is 0 Å². The number of rotatable bonds is 4. The van der Waals surface area contributed by atoms with E-state index in [0.717, 1.165) is 12.2 Å². The highest BCUT2D eigenvalue weighted by Crippen LogP contribution is 2.24. The molecule has 1 aromatic carbocycles. The molecule has 0 atom stereocenters. The number of thioether (sulfide) groups is 1. The number of hydrogen-bond donors (Lipinski definition) is 0. The van der Waals surface area contributed by atoms with Crippen molar-refractivity contribution in [1.29, 1.82) is 5.26 Å². The molecule has 0 N–H and O–H groups in total. The highest BCUT2D eigenvalue weighted by Gasteiger charge is 2.07. The average molecular weight is 230 g/mol. The van der Waals surface area contributed by atoms with Crippen molar-refractivity contribution in [2.45, 2.75) is 11.3 Å². The number of nitrogens with zero attached hydrogens (tertiary/aromatic N) is 1. The van der Waals surface area contributed by atoms with Gasteiger partial charge in [-0.15, -0.1) is 23.4 Å². The summed E-state index contributed by atoms with van der Waals surface area (Å²) in [5.41, 5.74) is 0.132. The Morgan fingerprint density at radius 2 is 2.29 bits per heavy atom. The third-order valence-electron chi connectivity index (χ3n) is 1.62. The summed E-state index contributed by atoms with van der Waals surface area (Å²) in [4.78, 5) is 0.692. The van der Waals surface area contributed by atoms with Gasteiger partial charge in [-0.25, -0.2) is 4.39 Å². The minimum atomic E-state index is -0.455. The third kappa shape index (κ3) is 2.90. The van der Waals surface area contributed by atoms with Crippen LogP contribution >= 0.6 is 23.4 Å². The van der Waals surface area contributed by atoms with Crippen molar-refractivity contribution in [1.82, 2.24) is 0 Å². The summed E-state index contributed by atoms with van der Waals surface area (Å²) < 4.78 is 13.1. The number of hydrogen-bond acceptors (Lipinski definition) is 2. The van der Waals surface area contributed by atoms with Gasteiger partial charge in [-0.3, -0.25) is 0 Å². The Morgan fingerprint density at radius 3 is 2.93 bits per heavy atom. The Labute approximate surface area is 91.9 Å². The second-order valence-corrected chi connectivity index (χ2v) is 4.13. The van der Waals surface area contributed by atoms with E-state index in [0.29, 0.717) is 10.8 Å². The lowest BCUT2D eigenvalue weighted by Gasteiger charge is -2.02. The molecule has 0 amide bonds. The van der Waals surface area contributed by atoms with E-state index in [9.17, 15) is 4.39 Å². The number of alkyl halides is 1. The lowest BCUT2D eigenvalue weighted by Crippen LogP contribution is -1.88. The van der Waals surface area contributed by atoms with E-state index in [4.69, 9.17) is 16.9 Å². The van der Waals surface area contributed by atoms with Crippen LogP contribution in [0.2, 0.25) is 0 Å². The second kappa shape index (κ2) is 5.90. The Bertz CT molecular complexity index is 348. The predicted molar refractivity (Wildman–Crippen MR) is 57.2 cm³/mol. The second-order valence-electron chi connectivity index (χ2n) is 2.62. The van der Waals surface area contributed by atoms with Gasteiger partial charge in [0, 0.05) is 10.8 Å². The minimum absolute atomic E-state index is 0.132. The normalized spacial score (nSPS) is 9.79. The molecule has 0 bridgehead atoms. The van der Waals surface area contributed by atoms with Crippen LogP contribution < -0.4 is 0 Å². The topological polar surface area (TPSA) is 23.8 Å². The number of halogens is 2. The quantitative estimate of drug-likeness (QED) is 0.449. The fourth-order valence-electron chi connectivity index (χ4n) is 0.970. The molecule has 0 aliphatic carbocycles. The molecular formula is C10H9ClFNS. The first-order chi connectivity index (χ1) is 6.79. The molecule has 14 heavy (non-hydrogen) atoms. The van der Waals surface area contributed by atoms with Gasteiger partial charge in [-0.2, -0.15) is 5.26 Å². The van der Waals surface area contributed by atoms with Gasteiger partial charge in [0.15, 0.2) is 0 Å². The highest BCUT2D eigenvalue weighted by molar-refractivity contribution is 7.99. The minimum Gasteiger partial charge on any atom is -0.206 e. The summed E-state index contributed by atoms with van der Waals surface area (Å²) in [6.07, 6.45) is 0.855. The molecule has 1 nitrogen and oxygen atoms in total. The molecule has 0 fully saturated rings. The van der Waals surface area contributed by atoms with E-state index >= 15 is 0 Å². The maximum atomic E-state index is 13.1. The smallest absolute Gasteiger partial charge is 0.142 e. The number of nitriles is 1. The number of benzene rings is 1. The molecule has 0 aromatic heterocycles. The molecule has 1 rings (SSSR count). The zero-order chi connectivity index (χ0) is 10.4. The SMILES string of the molecule is N#Cc1c(F)cccc1SCCCCl. The fourth-order valence-corrected chi connectivity index (χ4v) is 2.23. The molecule has 0 aliphatic rings. The van der Waals surface area contributed by atoms with Crippen molar-refractivity contribution >= 4 is 23.4 Å². The molecule has 0 saturated heterocycles. The Hall–Kier alpha value is -0.720. The van der Waals surface area contributed by atoms with Crippen molar-refractivity contribution < 1.29 is 4.39 Å². The monoisotopic (exact) mass is 229 g/mol. The summed E-state index contributed by atoms with van der Waals surface area (Å²) in [6.45, 7) is 0. The van der Waals surface area contributed by atoms with Crippen LogP contribution in [0, 0.1) is 17.1 Å². The van der Waals surface area contributed by atoms with Gasteiger partial charge in [0.25, 0.3) is 0 Å². The van der Waals surface area contributed by atoms with Gasteiger partial charge in [0.2, 0.25) is 0 Å². The lowest BCUT2D eigenvalue weighted by molar-refractivity contribution is 0.620. The molecular weight excluding hydrogens is 221 g/mol. The van der Waals surface area contributed by atoms with Crippen molar-refractivity contribution in [3.05, 3.63) is 29.6 Å². The zero-order valence-corrected chi connectivity index (χ0v) is 9.04. The summed E-state index contributed by atoms with van der Waals surface area (Å²) in [7, 11) is 0. The van der Waals surface area contributed by atoms with Crippen LogP contribution in [0.25, 0.3) is 0 Å². The molecule has 0 spiro atoms. The zero-order valence-electron chi connectivity index (χ0n) is 7.46. The van der Waals surface area contributed by atoms with Gasteiger partial charge in [0.05, 0.1) is 0 Å². The van der Waals surface area contributed by atoms with Crippen molar-refractivity contribution in [3.8, 4) is 6.07 Å². The van der Waals surface area contributed by atoms with E-state index in [2.05, 4.69) is 0 Å². The Kier molecular flexibility index (Phi) is 4.78. The van der Waals surface area contributed by atoms with Crippen LogP contribution in [-0.2, 0) is 0 Å². The van der Waals surface area contributed by atoms with Gasteiger partial charge in [0.1, 0.15) is 17.4 Å². The van der Waals surface area contributed by atoms with Crippen molar-refractivity contribution in [2.75, 3.05) is 11.6 Å². The predicted octanol–water partition coefficient (Wildman–Crippen LogP) is 3.42. The molecule has 0 unspecified atom stereocenters. The Balaban J connectivity index is 2.76. The first-order valence-electron chi connectivity index (χ1n) is 4.17. The maximum Gasteiger partial charge on any atom is 0.142 e. The van der Waals surface area contributed by atoms with Gasteiger partial charge in [-0.1, -0.05) is 6.07 Å². The van der Waals surface area contributed by atoms with Crippen LogP contribution in [-0.4, -0.2) is 11.6 Å². The van der Waals surface area contributed by atoms with E-state index in [1.54, 1.807) is 12.1 Å². The van der Waals surface area contributed by atoms with Crippen LogP contribution in [0.5, 0.6) is 0 Å². The molecule has 0 radical (unpaired) electrons. The third-order valence-corrected chi connectivity index (χ3v) is 3.03. The van der Waals surface area contributed by atoms with Crippen LogP contribution in [0.4, 0.5) is 4.39 Å². The molecule has 1 aromatic rings. The van der Waals surface area contributed by atoms with Crippen molar-refractivity contribution in [3.63, 3.8) is 0 Å². The lowest BCUT2D eigenvalue weighted by atomic mass is 10.2. The van der Waals surface area contributed by atoms with E-state index in [1.165, 1.54) is 17.8 Å². The fraction of sp³-hybridized carbons (Fsp3) is 0.300. The molecule has 0 aliphatic heterocycles. The molecule has 0 heterocycles. The first kappa shape index (κ1) is 11.4. The van der Waals surface area contributed by atoms with E-state index in [-0.39, 0.29) is 5.56 Å². The summed E-state index contributed by atoms with van der Waals surface area (Å²) in [5.74, 6) is 0.939. The Morgan fingerprint density at radius 1 is 1.50 bits per heavy atom. The standard InChI is InChI=1S/C10H9ClFNS/c11-5-2-6-14-10-4-1-3-9(12)8(10)7-13/h1,3-4H,2,5-6H2. The summed E-state index contributed by atoms with van der Waals surface area (Å²) in [6, 6.07) is 6.52. The van der Waals surface area contributed by atoms with Crippen LogP contribution in [0.3, 0.4) is 0 Å².